The van der Waals surface area contributed by atoms with Crippen LogP contribution >= 0.6 is 15.9 Å². The molecule has 0 saturated carbocycles. The number of methoxy groups -OCH3 is 1. The van der Waals surface area contributed by atoms with Crippen LogP contribution < -0.4 is 5.32 Å². The number of hydrogen-bond acceptors (Lipinski definition) is 2. The molecule has 0 fully saturated rings. The molecule has 5 heteroatoms. The van der Waals surface area contributed by atoms with Gasteiger partial charge in [-0.05, 0) is 24.1 Å². The predicted octanol–water partition coefficient (Wildman–Crippen LogP) is 2.28. The fourth-order valence-corrected chi connectivity index (χ4v) is 1.98. The van der Waals surface area contributed by atoms with Crippen LogP contribution in [0.2, 0.25) is 0 Å². The summed E-state index contributed by atoms with van der Waals surface area (Å²) < 4.78 is 17.6. The van der Waals surface area contributed by atoms with Gasteiger partial charge < -0.3 is 10.1 Å². The predicted molar refractivity (Wildman–Crippen MR) is 72.3 cm³/mol. The van der Waals surface area contributed by atoms with Gasteiger partial charge in [-0.15, -0.1) is 0 Å². The van der Waals surface area contributed by atoms with E-state index in [1.54, 1.807) is 19.2 Å². The number of alkyl halides is 1. The molecule has 0 radical (unpaired) electrons. The molecule has 0 aliphatic heterocycles. The molecule has 1 atom stereocenters. The highest BCUT2D eigenvalue weighted by molar-refractivity contribution is 9.09. The average Bonchev–Trinajstić information content (AvgIpc) is 2.32. The molecule has 0 bridgehead atoms. The number of nitrogens with one attached hydrogen (secondary N) is 1. The van der Waals surface area contributed by atoms with E-state index in [9.17, 15) is 9.18 Å². The first-order chi connectivity index (χ1) is 8.61. The minimum atomic E-state index is -0.291. The van der Waals surface area contributed by atoms with Crippen molar-refractivity contribution in [3.05, 3.63) is 35.6 Å². The van der Waals surface area contributed by atoms with Crippen LogP contribution in [0, 0.1) is 5.82 Å². The van der Waals surface area contributed by atoms with Crippen LogP contribution in [0.15, 0.2) is 24.3 Å². The Bertz CT molecular complexity index is 370. The quantitative estimate of drug-likeness (QED) is 0.784. The van der Waals surface area contributed by atoms with Gasteiger partial charge in [0, 0.05) is 18.5 Å². The molecular formula is C13H17BrFNO2. The Hall–Kier alpha value is -0.940. The van der Waals surface area contributed by atoms with Crippen molar-refractivity contribution >= 4 is 21.8 Å². The van der Waals surface area contributed by atoms with Crippen LogP contribution in [0.4, 0.5) is 4.39 Å². The summed E-state index contributed by atoms with van der Waals surface area (Å²) in [4.78, 5) is 11.8. The number of rotatable bonds is 7. The van der Waals surface area contributed by atoms with Crippen LogP contribution in [-0.2, 0) is 16.0 Å². The standard InChI is InChI=1S/C13H17BrFNO2/c1-18-9-11(14)6-7-16-13(17)8-10-2-4-12(15)5-3-10/h2-5,11H,6-9H2,1H3,(H,16,17). The summed E-state index contributed by atoms with van der Waals surface area (Å²) in [5.74, 6) is -0.348. The van der Waals surface area contributed by atoms with Crippen LogP contribution in [0.5, 0.6) is 0 Å². The second-order valence-electron chi connectivity index (χ2n) is 3.99. The molecule has 0 saturated heterocycles. The number of carbonyl (C=O) groups excluding carboxylic acids is 1. The van der Waals surface area contributed by atoms with Gasteiger partial charge in [-0.1, -0.05) is 28.1 Å². The third kappa shape index (κ3) is 6.12. The normalized spacial score (nSPS) is 12.2. The molecule has 0 aromatic heterocycles. The van der Waals surface area contributed by atoms with E-state index in [-0.39, 0.29) is 23.0 Å². The molecule has 18 heavy (non-hydrogen) atoms. The van der Waals surface area contributed by atoms with Gasteiger partial charge in [-0.3, -0.25) is 4.79 Å². The van der Waals surface area contributed by atoms with Crippen molar-refractivity contribution in [3.63, 3.8) is 0 Å². The van der Waals surface area contributed by atoms with Gasteiger partial charge in [0.05, 0.1) is 13.0 Å². The second-order valence-corrected chi connectivity index (χ2v) is 5.29. The Morgan fingerprint density at radius 2 is 2.11 bits per heavy atom. The van der Waals surface area contributed by atoms with Crippen molar-refractivity contribution in [2.45, 2.75) is 17.7 Å². The third-order valence-corrected chi connectivity index (χ3v) is 3.13. The van der Waals surface area contributed by atoms with E-state index in [0.717, 1.165) is 12.0 Å². The summed E-state index contributed by atoms with van der Waals surface area (Å²) in [5.41, 5.74) is 0.807. The summed E-state index contributed by atoms with van der Waals surface area (Å²) in [6.07, 6.45) is 1.08. The van der Waals surface area contributed by atoms with E-state index in [1.165, 1.54) is 12.1 Å². The monoisotopic (exact) mass is 317 g/mol. The topological polar surface area (TPSA) is 38.3 Å². The maximum Gasteiger partial charge on any atom is 0.224 e. The van der Waals surface area contributed by atoms with Gasteiger partial charge in [0.1, 0.15) is 5.82 Å². The molecule has 0 spiro atoms. The van der Waals surface area contributed by atoms with Crippen LogP contribution in [0.3, 0.4) is 0 Å². The third-order valence-electron chi connectivity index (χ3n) is 2.41. The first-order valence-electron chi connectivity index (χ1n) is 5.76. The lowest BCUT2D eigenvalue weighted by molar-refractivity contribution is -0.120. The number of hydrogen-bond donors (Lipinski definition) is 1. The Labute approximate surface area is 115 Å². The van der Waals surface area contributed by atoms with Crippen LogP contribution in [-0.4, -0.2) is 31.0 Å². The van der Waals surface area contributed by atoms with Crippen molar-refractivity contribution in [2.24, 2.45) is 0 Å². The Morgan fingerprint density at radius 3 is 2.72 bits per heavy atom. The molecule has 1 amide bonds. The van der Waals surface area contributed by atoms with Crippen LogP contribution in [0.25, 0.3) is 0 Å². The van der Waals surface area contributed by atoms with E-state index >= 15 is 0 Å². The van der Waals surface area contributed by atoms with Gasteiger partial charge >= 0.3 is 0 Å². The maximum absolute atomic E-state index is 12.7. The lowest BCUT2D eigenvalue weighted by Gasteiger charge is -2.09. The van der Waals surface area contributed by atoms with Crippen molar-refractivity contribution in [2.75, 3.05) is 20.3 Å². The highest BCUT2D eigenvalue weighted by Gasteiger charge is 2.06. The highest BCUT2D eigenvalue weighted by atomic mass is 79.9. The molecule has 1 aromatic rings. The van der Waals surface area contributed by atoms with E-state index in [2.05, 4.69) is 21.2 Å². The summed E-state index contributed by atoms with van der Waals surface area (Å²) >= 11 is 3.45. The number of carbonyl (C=O) groups is 1. The van der Waals surface area contributed by atoms with Crippen LogP contribution in [0.1, 0.15) is 12.0 Å². The highest BCUT2D eigenvalue weighted by Crippen LogP contribution is 2.05. The lowest BCUT2D eigenvalue weighted by Crippen LogP contribution is -2.28. The zero-order valence-electron chi connectivity index (χ0n) is 10.3. The largest absolute Gasteiger partial charge is 0.384 e. The molecule has 1 N–H and O–H groups in total. The van der Waals surface area contributed by atoms with Gasteiger partial charge in [0.2, 0.25) is 5.91 Å². The van der Waals surface area contributed by atoms with Crippen molar-refractivity contribution in [1.82, 2.24) is 5.32 Å². The number of amides is 1. The van der Waals surface area contributed by atoms with E-state index in [4.69, 9.17) is 4.74 Å². The first-order valence-corrected chi connectivity index (χ1v) is 6.67. The molecule has 0 aliphatic rings. The molecule has 1 aromatic carbocycles. The SMILES string of the molecule is COCC(Br)CCNC(=O)Cc1ccc(F)cc1. The minimum Gasteiger partial charge on any atom is -0.384 e. The fraction of sp³-hybridized carbons (Fsp3) is 0.462. The van der Waals surface area contributed by atoms with Gasteiger partial charge in [-0.25, -0.2) is 4.39 Å². The lowest BCUT2D eigenvalue weighted by atomic mass is 10.1. The maximum atomic E-state index is 12.7. The molecule has 1 rings (SSSR count). The fourth-order valence-electron chi connectivity index (χ4n) is 1.48. The Kier molecular flexibility index (Phi) is 6.90. The molecule has 0 aliphatic carbocycles. The molecule has 100 valence electrons. The Balaban J connectivity index is 2.23. The molecule has 0 heterocycles. The van der Waals surface area contributed by atoms with Crippen molar-refractivity contribution in [1.29, 1.82) is 0 Å². The zero-order chi connectivity index (χ0) is 13.4. The smallest absolute Gasteiger partial charge is 0.224 e. The number of halogens is 2. The summed E-state index contributed by atoms with van der Waals surface area (Å²) in [6.45, 7) is 1.22. The summed E-state index contributed by atoms with van der Waals surface area (Å²) in [5, 5.41) is 2.82. The molecular weight excluding hydrogens is 301 g/mol. The summed E-state index contributed by atoms with van der Waals surface area (Å²) in [7, 11) is 1.64. The minimum absolute atomic E-state index is 0.0567. The average molecular weight is 318 g/mol. The first kappa shape index (κ1) is 15.1. The van der Waals surface area contributed by atoms with E-state index in [1.807, 2.05) is 0 Å². The number of ether oxygens (including phenoxy) is 1. The second kappa shape index (κ2) is 8.21. The molecule has 1 unspecified atom stereocenters. The zero-order valence-corrected chi connectivity index (χ0v) is 11.9. The van der Waals surface area contributed by atoms with Gasteiger partial charge in [-0.2, -0.15) is 0 Å². The van der Waals surface area contributed by atoms with E-state index < -0.39 is 0 Å². The van der Waals surface area contributed by atoms with Crippen molar-refractivity contribution < 1.29 is 13.9 Å². The van der Waals surface area contributed by atoms with Crippen molar-refractivity contribution in [3.8, 4) is 0 Å². The van der Waals surface area contributed by atoms with E-state index in [0.29, 0.717) is 13.2 Å². The van der Waals surface area contributed by atoms with Gasteiger partial charge in [0.15, 0.2) is 0 Å². The number of benzene rings is 1. The molecule has 3 nitrogen and oxygen atoms in total. The summed E-state index contributed by atoms with van der Waals surface area (Å²) in [6, 6.07) is 5.95. The Morgan fingerprint density at radius 1 is 1.44 bits per heavy atom. The van der Waals surface area contributed by atoms with Gasteiger partial charge in [0.25, 0.3) is 0 Å².